The molecule has 0 nitrogen and oxygen atoms in total. The minimum Gasteiger partial charge on any atom is -0.230 e. The number of rotatable bonds is 5. The van der Waals surface area contributed by atoms with Crippen LogP contribution in [0.1, 0.15) is 32.6 Å². The maximum Gasteiger partial charge on any atom is 0.384 e. The Morgan fingerprint density at radius 2 is 1.00 bits per heavy atom. The first-order chi connectivity index (χ1) is 10.5. The molecule has 0 spiro atoms. The highest BCUT2D eigenvalue weighted by molar-refractivity contribution is 14.1. The standard InChI is InChI=1S/C12H12F11I/c1-2-3-4-6(24)5-7(13)8(14,15)10(18,19)12(22,23)11(20,21)9(7,16)17/h6H,2-5H2,1H3. The number of alkyl halides is 12. The van der Waals surface area contributed by atoms with Crippen LogP contribution in [0.25, 0.3) is 0 Å². The molecule has 1 fully saturated rings. The van der Waals surface area contributed by atoms with Gasteiger partial charge in [0.1, 0.15) is 0 Å². The van der Waals surface area contributed by atoms with Crippen molar-refractivity contribution in [2.24, 2.45) is 0 Å². The molecular formula is C12H12F11I. The topological polar surface area (TPSA) is 0 Å². The molecule has 1 rings (SSSR count). The smallest absolute Gasteiger partial charge is 0.230 e. The van der Waals surface area contributed by atoms with Crippen LogP contribution >= 0.6 is 22.6 Å². The molecule has 0 saturated heterocycles. The van der Waals surface area contributed by atoms with Crippen LogP contribution in [0.5, 0.6) is 0 Å². The highest BCUT2D eigenvalue weighted by Gasteiger charge is 3.00. The van der Waals surface area contributed by atoms with Gasteiger partial charge in [-0.05, 0) is 6.42 Å². The third-order valence-corrected chi connectivity index (χ3v) is 5.01. The van der Waals surface area contributed by atoms with Crippen molar-refractivity contribution in [2.75, 3.05) is 0 Å². The van der Waals surface area contributed by atoms with Gasteiger partial charge < -0.3 is 0 Å². The molecule has 144 valence electrons. The van der Waals surface area contributed by atoms with Crippen molar-refractivity contribution in [1.82, 2.24) is 0 Å². The Balaban J connectivity index is 3.51. The molecule has 1 saturated carbocycles. The van der Waals surface area contributed by atoms with E-state index >= 15 is 0 Å². The van der Waals surface area contributed by atoms with Crippen molar-refractivity contribution in [3.63, 3.8) is 0 Å². The van der Waals surface area contributed by atoms with Crippen LogP contribution in [0.15, 0.2) is 0 Å². The van der Waals surface area contributed by atoms with Crippen molar-refractivity contribution in [3.05, 3.63) is 0 Å². The van der Waals surface area contributed by atoms with Crippen LogP contribution in [0.3, 0.4) is 0 Å². The molecule has 0 aromatic rings. The first-order valence-corrected chi connectivity index (χ1v) is 7.92. The summed E-state index contributed by atoms with van der Waals surface area (Å²) in [6.45, 7) is 1.58. The number of hydrogen-bond donors (Lipinski definition) is 0. The molecule has 1 unspecified atom stereocenters. The largest absolute Gasteiger partial charge is 0.384 e. The van der Waals surface area contributed by atoms with E-state index in [0.29, 0.717) is 6.42 Å². The summed E-state index contributed by atoms with van der Waals surface area (Å²) in [4.78, 5) is 0. The third kappa shape index (κ3) is 2.43. The number of hydrogen-bond acceptors (Lipinski definition) is 0. The van der Waals surface area contributed by atoms with Gasteiger partial charge in [0.05, 0.1) is 0 Å². The minimum atomic E-state index is -7.13. The van der Waals surface area contributed by atoms with Crippen LogP contribution in [-0.2, 0) is 0 Å². The molecule has 0 N–H and O–H groups in total. The van der Waals surface area contributed by atoms with Crippen LogP contribution in [0.4, 0.5) is 48.3 Å². The summed E-state index contributed by atoms with van der Waals surface area (Å²) >= 11 is 1.16. The fraction of sp³-hybridized carbons (Fsp3) is 1.00. The monoisotopic (exact) mass is 492 g/mol. The lowest BCUT2D eigenvalue weighted by molar-refractivity contribution is -0.485. The van der Waals surface area contributed by atoms with Gasteiger partial charge in [-0.15, -0.1) is 0 Å². The second kappa shape index (κ2) is 6.00. The SMILES string of the molecule is CCCCC(I)CC1(F)C(F)(F)C(F)(F)C(F)(F)C(F)(F)C1(F)F. The first-order valence-electron chi connectivity index (χ1n) is 6.67. The van der Waals surface area contributed by atoms with E-state index in [1.165, 1.54) is 0 Å². The van der Waals surface area contributed by atoms with Crippen molar-refractivity contribution < 1.29 is 48.3 Å². The zero-order valence-electron chi connectivity index (χ0n) is 11.9. The predicted octanol–water partition coefficient (Wildman–Crippen LogP) is 6.27. The second-order valence-corrected chi connectivity index (χ2v) is 7.38. The Morgan fingerprint density at radius 3 is 1.33 bits per heavy atom. The zero-order valence-corrected chi connectivity index (χ0v) is 14.1. The summed E-state index contributed by atoms with van der Waals surface area (Å²) in [6, 6.07) is 0. The van der Waals surface area contributed by atoms with Crippen molar-refractivity contribution in [3.8, 4) is 0 Å². The summed E-state index contributed by atoms with van der Waals surface area (Å²) in [5, 5.41) is 0. The van der Waals surface area contributed by atoms with Crippen molar-refractivity contribution in [2.45, 2.75) is 71.8 Å². The molecule has 0 aliphatic heterocycles. The Bertz CT molecular complexity index is 444. The Morgan fingerprint density at radius 1 is 0.667 bits per heavy atom. The Hall–Kier alpha value is -0.0400. The highest BCUT2D eigenvalue weighted by Crippen LogP contribution is 2.70. The summed E-state index contributed by atoms with van der Waals surface area (Å²) in [6.07, 6.45) is -1.77. The van der Waals surface area contributed by atoms with E-state index in [0.717, 1.165) is 22.6 Å². The molecule has 12 heteroatoms. The Labute approximate surface area is 143 Å². The van der Waals surface area contributed by atoms with Gasteiger partial charge >= 0.3 is 29.6 Å². The zero-order chi connectivity index (χ0) is 19.4. The lowest BCUT2D eigenvalue weighted by atomic mass is 9.70. The minimum absolute atomic E-state index is 0.184. The lowest BCUT2D eigenvalue weighted by Crippen LogP contribution is -2.83. The van der Waals surface area contributed by atoms with E-state index in [4.69, 9.17) is 0 Å². The van der Waals surface area contributed by atoms with E-state index < -0.39 is 45.6 Å². The molecule has 1 aliphatic rings. The fourth-order valence-corrected chi connectivity index (χ4v) is 3.42. The fourth-order valence-electron chi connectivity index (χ4n) is 2.38. The third-order valence-electron chi connectivity index (χ3n) is 3.95. The van der Waals surface area contributed by atoms with Gasteiger partial charge in [-0.3, -0.25) is 0 Å². The molecule has 0 amide bonds. The Kier molecular flexibility index (Phi) is 5.50. The molecule has 0 aromatic carbocycles. The van der Waals surface area contributed by atoms with E-state index in [9.17, 15) is 48.3 Å². The number of unbranched alkanes of at least 4 members (excludes halogenated alkanes) is 1. The van der Waals surface area contributed by atoms with Gasteiger partial charge in [0.2, 0.25) is 0 Å². The van der Waals surface area contributed by atoms with Crippen molar-refractivity contribution in [1.29, 1.82) is 0 Å². The summed E-state index contributed by atoms with van der Waals surface area (Å²) in [7, 11) is 0. The maximum atomic E-state index is 14.3. The molecule has 0 radical (unpaired) electrons. The average Bonchev–Trinajstić information content (AvgIpc) is 2.42. The van der Waals surface area contributed by atoms with Crippen LogP contribution in [-0.4, -0.2) is 39.2 Å². The normalized spacial score (nSPS) is 29.9. The first kappa shape index (κ1) is 22.0. The van der Waals surface area contributed by atoms with Gasteiger partial charge in [-0.1, -0.05) is 42.4 Å². The van der Waals surface area contributed by atoms with E-state index in [1.54, 1.807) is 6.92 Å². The molecule has 1 atom stereocenters. The molecule has 0 bridgehead atoms. The molecule has 0 heterocycles. The van der Waals surface area contributed by atoms with Gasteiger partial charge in [0.25, 0.3) is 5.67 Å². The quantitative estimate of drug-likeness (QED) is 0.241. The van der Waals surface area contributed by atoms with E-state index in [1.807, 2.05) is 0 Å². The van der Waals surface area contributed by atoms with Gasteiger partial charge in [-0.2, -0.15) is 43.9 Å². The predicted molar refractivity (Wildman–Crippen MR) is 70.5 cm³/mol. The van der Waals surface area contributed by atoms with E-state index in [-0.39, 0.29) is 12.8 Å². The average molecular weight is 492 g/mol. The van der Waals surface area contributed by atoms with Crippen LogP contribution < -0.4 is 0 Å². The van der Waals surface area contributed by atoms with Gasteiger partial charge in [-0.25, -0.2) is 4.39 Å². The molecule has 24 heavy (non-hydrogen) atoms. The molecule has 0 aromatic heterocycles. The van der Waals surface area contributed by atoms with E-state index in [2.05, 4.69) is 0 Å². The summed E-state index contributed by atoms with van der Waals surface area (Å²) in [5.41, 5.74) is -5.84. The van der Waals surface area contributed by atoms with Crippen LogP contribution in [0.2, 0.25) is 0 Å². The summed E-state index contributed by atoms with van der Waals surface area (Å²) < 4.78 is 146. The maximum absolute atomic E-state index is 14.3. The molecular weight excluding hydrogens is 480 g/mol. The number of halogens is 12. The van der Waals surface area contributed by atoms with Crippen molar-refractivity contribution >= 4 is 22.6 Å². The second-order valence-electron chi connectivity index (χ2n) is 5.62. The molecule has 1 aliphatic carbocycles. The lowest BCUT2D eigenvalue weighted by Gasteiger charge is -2.53. The summed E-state index contributed by atoms with van der Waals surface area (Å²) in [5.74, 6) is -34.5. The van der Waals surface area contributed by atoms with Gasteiger partial charge in [0, 0.05) is 10.3 Å². The van der Waals surface area contributed by atoms with Crippen LogP contribution in [0, 0.1) is 0 Å². The highest BCUT2D eigenvalue weighted by atomic mass is 127. The van der Waals surface area contributed by atoms with Gasteiger partial charge in [0.15, 0.2) is 0 Å².